The van der Waals surface area contributed by atoms with Gasteiger partial charge in [-0.25, -0.2) is 4.79 Å². The molecule has 11 atom stereocenters. The molecule has 4 rings (SSSR count). The van der Waals surface area contributed by atoms with Crippen molar-refractivity contribution in [1.29, 1.82) is 0 Å². The molecule has 5 unspecified atom stereocenters. The van der Waals surface area contributed by atoms with Crippen LogP contribution in [0, 0.1) is 35.0 Å². The lowest BCUT2D eigenvalue weighted by molar-refractivity contribution is -0.328. The van der Waals surface area contributed by atoms with Crippen LogP contribution in [0.1, 0.15) is 80.6 Å². The van der Waals surface area contributed by atoms with Crippen LogP contribution in [0.15, 0.2) is 11.6 Å². The number of hydrogen-bond donors (Lipinski definition) is 2. The summed E-state index contributed by atoms with van der Waals surface area (Å²) < 4.78 is 18.4. The third kappa shape index (κ3) is 4.41. The first-order valence-electron chi connectivity index (χ1n) is 13.0. The first-order chi connectivity index (χ1) is 15.4. The summed E-state index contributed by atoms with van der Waals surface area (Å²) in [6.45, 7) is 14.9. The maximum absolute atomic E-state index is 12.5. The predicted molar refractivity (Wildman–Crippen MR) is 125 cm³/mol. The highest BCUT2D eigenvalue weighted by molar-refractivity contribution is 5.82. The summed E-state index contributed by atoms with van der Waals surface area (Å²) in [5.74, 6) is 2.61. The van der Waals surface area contributed by atoms with Gasteiger partial charge < -0.3 is 24.4 Å². The molecule has 4 fully saturated rings. The number of esters is 1. The van der Waals surface area contributed by atoms with E-state index in [1.807, 2.05) is 13.8 Å². The van der Waals surface area contributed by atoms with E-state index in [0.29, 0.717) is 23.2 Å². The van der Waals surface area contributed by atoms with E-state index in [0.717, 1.165) is 43.1 Å². The summed E-state index contributed by atoms with van der Waals surface area (Å²) in [6.07, 6.45) is 1.52. The fraction of sp³-hybridized carbons (Fsp3) is 0.889. The van der Waals surface area contributed by atoms with E-state index < -0.39 is 42.3 Å². The Morgan fingerprint density at radius 3 is 2.45 bits per heavy atom. The molecule has 0 bridgehead atoms. The molecule has 1 heterocycles. The van der Waals surface area contributed by atoms with Gasteiger partial charge in [0.15, 0.2) is 12.4 Å². The first kappa shape index (κ1) is 25.2. The number of ether oxygens (including phenoxy) is 3. The van der Waals surface area contributed by atoms with E-state index in [4.69, 9.17) is 14.2 Å². The Morgan fingerprint density at radius 2 is 1.79 bits per heavy atom. The second-order valence-corrected chi connectivity index (χ2v) is 12.1. The summed E-state index contributed by atoms with van der Waals surface area (Å²) in [4.78, 5) is 12.5. The summed E-state index contributed by atoms with van der Waals surface area (Å²) >= 11 is 0. The number of carbonyl (C=O) groups excluding carboxylic acids is 1. The largest absolute Gasteiger partial charge is 0.451 e. The molecule has 0 aromatic rings. The zero-order valence-electron chi connectivity index (χ0n) is 21.4. The zero-order valence-corrected chi connectivity index (χ0v) is 21.4. The lowest BCUT2D eigenvalue weighted by Crippen LogP contribution is -2.61. The average Bonchev–Trinajstić information content (AvgIpc) is 3.12. The molecule has 33 heavy (non-hydrogen) atoms. The van der Waals surface area contributed by atoms with Crippen LogP contribution in [0.2, 0.25) is 0 Å². The van der Waals surface area contributed by atoms with E-state index >= 15 is 0 Å². The van der Waals surface area contributed by atoms with Crippen molar-refractivity contribution in [3.8, 4) is 0 Å². The van der Waals surface area contributed by atoms with Gasteiger partial charge in [0.1, 0.15) is 12.2 Å². The number of allylic oxidation sites excluding steroid dienone is 1. The van der Waals surface area contributed by atoms with E-state index in [-0.39, 0.29) is 0 Å². The Hall–Kier alpha value is -0.950. The Morgan fingerprint density at radius 1 is 1.09 bits per heavy atom. The van der Waals surface area contributed by atoms with Gasteiger partial charge in [0.25, 0.3) is 0 Å². The number of rotatable bonds is 5. The SMILES string of the molecule is CC/C(C)=C/C(=O)O[C@H]1[C@H](O[C@]2(C)CCC3C(C4C(C)CCC42)C3(C)C)O[C@H](C)[C@H](O)[C@@H]1O. The molecule has 0 amide bonds. The summed E-state index contributed by atoms with van der Waals surface area (Å²) in [5.41, 5.74) is 0.865. The smallest absolute Gasteiger partial charge is 0.331 e. The Balaban J connectivity index is 1.57. The van der Waals surface area contributed by atoms with E-state index in [2.05, 4.69) is 27.7 Å². The minimum atomic E-state index is -1.27. The number of aliphatic hydroxyl groups is 2. The normalized spacial score (nSPS) is 49.1. The fourth-order valence-corrected chi connectivity index (χ4v) is 7.38. The molecule has 3 aliphatic carbocycles. The zero-order chi connectivity index (χ0) is 24.3. The van der Waals surface area contributed by atoms with Gasteiger partial charge in [-0.2, -0.15) is 0 Å². The third-order valence-corrected chi connectivity index (χ3v) is 9.69. The fourth-order valence-electron chi connectivity index (χ4n) is 7.38. The molecular weight excluding hydrogens is 420 g/mol. The van der Waals surface area contributed by atoms with Crippen LogP contribution < -0.4 is 0 Å². The first-order valence-corrected chi connectivity index (χ1v) is 13.0. The highest BCUT2D eigenvalue weighted by Crippen LogP contribution is 2.71. The summed E-state index contributed by atoms with van der Waals surface area (Å²) in [5, 5.41) is 21.3. The molecule has 0 aromatic heterocycles. The second-order valence-electron chi connectivity index (χ2n) is 12.1. The van der Waals surface area contributed by atoms with Gasteiger partial charge in [-0.1, -0.05) is 39.7 Å². The summed E-state index contributed by atoms with van der Waals surface area (Å²) in [6, 6.07) is 0. The van der Waals surface area contributed by atoms with Crippen molar-refractivity contribution in [2.45, 2.75) is 117 Å². The predicted octanol–water partition coefficient (Wildman–Crippen LogP) is 4.22. The molecule has 1 aliphatic heterocycles. The minimum Gasteiger partial charge on any atom is -0.451 e. The molecule has 188 valence electrons. The van der Waals surface area contributed by atoms with Crippen molar-refractivity contribution < 1.29 is 29.2 Å². The maximum atomic E-state index is 12.5. The summed E-state index contributed by atoms with van der Waals surface area (Å²) in [7, 11) is 0. The number of hydrogen-bond acceptors (Lipinski definition) is 6. The van der Waals surface area contributed by atoms with Gasteiger partial charge in [-0.3, -0.25) is 0 Å². The molecule has 4 aliphatic rings. The average molecular weight is 465 g/mol. The van der Waals surface area contributed by atoms with Gasteiger partial charge in [-0.05, 0) is 81.5 Å². The molecule has 0 aromatic carbocycles. The van der Waals surface area contributed by atoms with Crippen molar-refractivity contribution in [3.05, 3.63) is 11.6 Å². The molecule has 0 spiro atoms. The van der Waals surface area contributed by atoms with Crippen LogP contribution in [0.4, 0.5) is 0 Å². The van der Waals surface area contributed by atoms with Crippen LogP contribution in [-0.2, 0) is 19.0 Å². The van der Waals surface area contributed by atoms with Crippen molar-refractivity contribution in [3.63, 3.8) is 0 Å². The van der Waals surface area contributed by atoms with Crippen molar-refractivity contribution in [1.82, 2.24) is 0 Å². The van der Waals surface area contributed by atoms with Crippen LogP contribution in [0.25, 0.3) is 0 Å². The Kier molecular flexibility index (Phi) is 6.80. The van der Waals surface area contributed by atoms with Gasteiger partial charge in [0, 0.05) is 6.08 Å². The number of fused-ring (bicyclic) bond motifs is 3. The lowest BCUT2D eigenvalue weighted by atomic mass is 9.74. The number of aliphatic hydroxyl groups excluding tert-OH is 2. The van der Waals surface area contributed by atoms with Crippen molar-refractivity contribution >= 4 is 5.97 Å². The minimum absolute atomic E-state index is 0.403. The van der Waals surface area contributed by atoms with Crippen molar-refractivity contribution in [2.24, 2.45) is 35.0 Å². The highest BCUT2D eigenvalue weighted by Gasteiger charge is 2.67. The van der Waals surface area contributed by atoms with Crippen molar-refractivity contribution in [2.75, 3.05) is 0 Å². The molecule has 6 nitrogen and oxygen atoms in total. The van der Waals surface area contributed by atoms with Crippen LogP contribution in [0.5, 0.6) is 0 Å². The van der Waals surface area contributed by atoms with Gasteiger partial charge >= 0.3 is 5.97 Å². The van der Waals surface area contributed by atoms with Crippen LogP contribution in [-0.4, -0.2) is 52.5 Å². The number of carbonyl (C=O) groups is 1. The van der Waals surface area contributed by atoms with Crippen LogP contribution in [0.3, 0.4) is 0 Å². The Labute approximate surface area is 199 Å². The molecule has 0 radical (unpaired) electrons. The van der Waals surface area contributed by atoms with Gasteiger partial charge in [0.05, 0.1) is 11.7 Å². The lowest BCUT2D eigenvalue weighted by Gasteiger charge is -2.47. The quantitative estimate of drug-likeness (QED) is 0.468. The van der Waals surface area contributed by atoms with Gasteiger partial charge in [0.2, 0.25) is 0 Å². The monoisotopic (exact) mass is 464 g/mol. The van der Waals surface area contributed by atoms with Gasteiger partial charge in [-0.15, -0.1) is 0 Å². The molecular formula is C27H44O6. The van der Waals surface area contributed by atoms with E-state index in [1.54, 1.807) is 6.92 Å². The third-order valence-electron chi connectivity index (χ3n) is 9.69. The highest BCUT2D eigenvalue weighted by atomic mass is 16.7. The van der Waals surface area contributed by atoms with E-state index in [1.165, 1.54) is 12.5 Å². The Bertz CT molecular complexity index is 777. The van der Waals surface area contributed by atoms with E-state index in [9.17, 15) is 15.0 Å². The van der Waals surface area contributed by atoms with Crippen LogP contribution >= 0.6 is 0 Å². The maximum Gasteiger partial charge on any atom is 0.331 e. The second kappa shape index (κ2) is 8.92. The standard InChI is InChI=1S/C27H44O6/c1-8-14(2)13-19(28)32-24-23(30)22(29)16(4)31-25(24)33-27(7)12-11-18-21(26(18,5)6)20-15(3)9-10-17(20)27/h13,15-18,20-25,29-30H,8-12H2,1-7H3/b14-13+/t15?,16-,17?,18?,20?,21?,22+,23+,24-,25+,27-/m1/s1. The topological polar surface area (TPSA) is 85.2 Å². The molecule has 6 heteroatoms. The molecule has 1 saturated heterocycles. The molecule has 2 N–H and O–H groups in total. The molecule has 3 saturated carbocycles.